The second-order valence-electron chi connectivity index (χ2n) is 5.12. The maximum Gasteiger partial charge on any atom is 0.0175 e. The van der Waals surface area contributed by atoms with Gasteiger partial charge in [0.05, 0.1) is 0 Å². The van der Waals surface area contributed by atoms with Crippen LogP contribution in [0.4, 0.5) is 0 Å². The third-order valence-electron chi connectivity index (χ3n) is 3.86. The van der Waals surface area contributed by atoms with Crippen molar-refractivity contribution in [1.29, 1.82) is 0 Å². The van der Waals surface area contributed by atoms with E-state index in [2.05, 4.69) is 45.1 Å². The molecule has 1 saturated heterocycles. The summed E-state index contributed by atoms with van der Waals surface area (Å²) in [6.07, 6.45) is 5.61. The van der Waals surface area contributed by atoms with E-state index < -0.39 is 0 Å². The summed E-state index contributed by atoms with van der Waals surface area (Å²) < 4.78 is 1.19. The summed E-state index contributed by atoms with van der Waals surface area (Å²) in [5.41, 5.74) is 1.52. The first-order valence-corrected chi connectivity index (χ1v) is 7.12. The summed E-state index contributed by atoms with van der Waals surface area (Å²) in [7, 11) is 0. The van der Waals surface area contributed by atoms with Crippen LogP contribution in [0, 0.1) is 0 Å². The fourth-order valence-corrected chi connectivity index (χ4v) is 3.05. The Morgan fingerprint density at radius 3 is 2.50 bits per heavy atom. The lowest BCUT2D eigenvalue weighted by Gasteiger charge is -2.33. The molecule has 0 spiro atoms. The minimum absolute atomic E-state index is 0.766. The van der Waals surface area contributed by atoms with Gasteiger partial charge in [-0.15, -0.1) is 0 Å². The first-order chi connectivity index (χ1) is 7.83. The fraction of sp³-hybridized carbons (Fsp3) is 0.571. The van der Waals surface area contributed by atoms with Crippen molar-refractivity contribution in [2.75, 3.05) is 13.1 Å². The van der Waals surface area contributed by atoms with Crippen molar-refractivity contribution in [3.63, 3.8) is 0 Å². The normalized spacial score (nSPS) is 26.9. The van der Waals surface area contributed by atoms with Gasteiger partial charge in [0.1, 0.15) is 0 Å². The molecule has 0 N–H and O–H groups in total. The Morgan fingerprint density at radius 1 is 1.06 bits per heavy atom. The van der Waals surface area contributed by atoms with E-state index in [1.54, 1.807) is 0 Å². The molecule has 2 aliphatic rings. The van der Waals surface area contributed by atoms with Crippen LogP contribution < -0.4 is 0 Å². The Hall–Kier alpha value is -0.340. The molecule has 0 radical (unpaired) electrons. The first kappa shape index (κ1) is 10.8. The summed E-state index contributed by atoms with van der Waals surface area (Å²) in [5.74, 6) is 0.766. The van der Waals surface area contributed by atoms with Gasteiger partial charge < -0.3 is 0 Å². The van der Waals surface area contributed by atoms with Gasteiger partial charge in [-0.05, 0) is 55.8 Å². The standard InChI is InChI=1S/C14H18BrN/c15-13-5-3-11(4-6-13)12-2-1-9-16(10-12)14-7-8-14/h3-6,12,14H,1-2,7-10H2. The van der Waals surface area contributed by atoms with E-state index in [0.29, 0.717) is 0 Å². The molecule has 0 bridgehead atoms. The van der Waals surface area contributed by atoms with Gasteiger partial charge in [0.25, 0.3) is 0 Å². The number of hydrogen-bond donors (Lipinski definition) is 0. The topological polar surface area (TPSA) is 3.24 Å². The summed E-state index contributed by atoms with van der Waals surface area (Å²) >= 11 is 3.50. The molecule has 0 amide bonds. The van der Waals surface area contributed by atoms with Gasteiger partial charge in [-0.3, -0.25) is 4.90 Å². The summed E-state index contributed by atoms with van der Waals surface area (Å²) in [5, 5.41) is 0. The summed E-state index contributed by atoms with van der Waals surface area (Å²) in [4.78, 5) is 2.70. The van der Waals surface area contributed by atoms with Gasteiger partial charge in [0, 0.05) is 17.1 Å². The number of benzene rings is 1. The van der Waals surface area contributed by atoms with Crippen molar-refractivity contribution in [2.24, 2.45) is 0 Å². The highest BCUT2D eigenvalue weighted by Gasteiger charge is 2.32. The largest absolute Gasteiger partial charge is 0.300 e. The van der Waals surface area contributed by atoms with Gasteiger partial charge in [-0.25, -0.2) is 0 Å². The Morgan fingerprint density at radius 2 is 1.81 bits per heavy atom. The van der Waals surface area contributed by atoms with Gasteiger partial charge in [-0.1, -0.05) is 28.1 Å². The molecule has 0 aromatic heterocycles. The minimum atomic E-state index is 0.766. The molecule has 1 aromatic rings. The number of nitrogens with zero attached hydrogens (tertiary/aromatic N) is 1. The maximum atomic E-state index is 3.50. The molecule has 16 heavy (non-hydrogen) atoms. The number of likely N-dealkylation sites (tertiary alicyclic amines) is 1. The van der Waals surface area contributed by atoms with E-state index in [9.17, 15) is 0 Å². The summed E-state index contributed by atoms with van der Waals surface area (Å²) in [6, 6.07) is 9.84. The van der Waals surface area contributed by atoms with Crippen LogP contribution in [0.3, 0.4) is 0 Å². The molecular formula is C14H18BrN. The van der Waals surface area contributed by atoms with Crippen LogP contribution in [-0.2, 0) is 0 Å². The van der Waals surface area contributed by atoms with Crippen molar-refractivity contribution < 1.29 is 0 Å². The molecule has 1 unspecified atom stereocenters. The molecule has 3 rings (SSSR count). The van der Waals surface area contributed by atoms with Crippen LogP contribution in [-0.4, -0.2) is 24.0 Å². The van der Waals surface area contributed by atoms with Crippen LogP contribution in [0.15, 0.2) is 28.7 Å². The molecular weight excluding hydrogens is 262 g/mol. The Bertz CT molecular complexity index is 356. The van der Waals surface area contributed by atoms with Crippen LogP contribution in [0.1, 0.15) is 37.2 Å². The first-order valence-electron chi connectivity index (χ1n) is 6.32. The van der Waals surface area contributed by atoms with Crippen molar-refractivity contribution in [2.45, 2.75) is 37.6 Å². The molecule has 1 aliphatic heterocycles. The van der Waals surface area contributed by atoms with Crippen molar-refractivity contribution in [3.05, 3.63) is 34.3 Å². The zero-order valence-corrected chi connectivity index (χ0v) is 11.1. The lowest BCUT2D eigenvalue weighted by molar-refractivity contribution is 0.199. The Balaban J connectivity index is 1.71. The molecule has 2 heteroatoms. The van der Waals surface area contributed by atoms with Crippen LogP contribution in [0.2, 0.25) is 0 Å². The van der Waals surface area contributed by atoms with Crippen molar-refractivity contribution in [1.82, 2.24) is 4.90 Å². The molecule has 1 aromatic carbocycles. The van der Waals surface area contributed by atoms with Crippen LogP contribution in [0.25, 0.3) is 0 Å². The highest BCUT2D eigenvalue weighted by Crippen LogP contribution is 2.34. The molecule has 86 valence electrons. The lowest BCUT2D eigenvalue weighted by Crippen LogP contribution is -2.35. The van der Waals surface area contributed by atoms with Crippen molar-refractivity contribution in [3.8, 4) is 0 Å². The minimum Gasteiger partial charge on any atom is -0.300 e. The average molecular weight is 280 g/mol. The van der Waals surface area contributed by atoms with E-state index in [0.717, 1.165) is 12.0 Å². The van der Waals surface area contributed by atoms with Gasteiger partial charge >= 0.3 is 0 Å². The molecule has 1 atom stereocenters. The van der Waals surface area contributed by atoms with Crippen LogP contribution in [0.5, 0.6) is 0 Å². The SMILES string of the molecule is Brc1ccc(C2CCCN(C3CC3)C2)cc1. The predicted molar refractivity (Wildman–Crippen MR) is 70.7 cm³/mol. The Labute approximate surface area is 106 Å². The van der Waals surface area contributed by atoms with Crippen LogP contribution >= 0.6 is 15.9 Å². The third-order valence-corrected chi connectivity index (χ3v) is 4.39. The van der Waals surface area contributed by atoms with Crippen molar-refractivity contribution >= 4 is 15.9 Å². The second-order valence-corrected chi connectivity index (χ2v) is 6.03. The zero-order chi connectivity index (χ0) is 11.0. The number of hydrogen-bond acceptors (Lipinski definition) is 1. The smallest absolute Gasteiger partial charge is 0.0175 e. The summed E-state index contributed by atoms with van der Waals surface area (Å²) in [6.45, 7) is 2.62. The van der Waals surface area contributed by atoms with E-state index in [4.69, 9.17) is 0 Å². The van der Waals surface area contributed by atoms with E-state index >= 15 is 0 Å². The van der Waals surface area contributed by atoms with E-state index in [1.165, 1.54) is 48.8 Å². The third kappa shape index (κ3) is 2.33. The number of piperidine rings is 1. The van der Waals surface area contributed by atoms with Gasteiger partial charge in [-0.2, -0.15) is 0 Å². The second kappa shape index (κ2) is 4.50. The lowest BCUT2D eigenvalue weighted by atomic mass is 9.90. The molecule has 1 nitrogen and oxygen atoms in total. The number of halogens is 1. The molecule has 1 aliphatic carbocycles. The fourth-order valence-electron chi connectivity index (χ4n) is 2.78. The van der Waals surface area contributed by atoms with E-state index in [-0.39, 0.29) is 0 Å². The molecule has 1 heterocycles. The average Bonchev–Trinajstić information content (AvgIpc) is 3.14. The molecule has 1 saturated carbocycles. The molecule has 2 fully saturated rings. The van der Waals surface area contributed by atoms with Gasteiger partial charge in [0.2, 0.25) is 0 Å². The maximum absolute atomic E-state index is 3.50. The predicted octanol–water partition coefficient (Wildman–Crippen LogP) is 3.79. The highest BCUT2D eigenvalue weighted by atomic mass is 79.9. The highest BCUT2D eigenvalue weighted by molar-refractivity contribution is 9.10. The van der Waals surface area contributed by atoms with E-state index in [1.807, 2.05) is 0 Å². The monoisotopic (exact) mass is 279 g/mol. The number of rotatable bonds is 2. The quantitative estimate of drug-likeness (QED) is 0.796. The zero-order valence-electron chi connectivity index (χ0n) is 9.53. The Kier molecular flexibility index (Phi) is 3.03. The van der Waals surface area contributed by atoms with Gasteiger partial charge in [0.15, 0.2) is 0 Å².